The zero-order valence-corrected chi connectivity index (χ0v) is 13.4. The van der Waals surface area contributed by atoms with Crippen molar-refractivity contribution < 1.29 is 14.3 Å². The van der Waals surface area contributed by atoms with E-state index in [0.29, 0.717) is 28.6 Å². The number of halogens is 2. The minimum Gasteiger partial charge on any atom is -0.462 e. The average molecular weight is 378 g/mol. The quantitative estimate of drug-likeness (QED) is 0.446. The van der Waals surface area contributed by atoms with Gasteiger partial charge in [0.25, 0.3) is 0 Å². The molecule has 0 bridgehead atoms. The average Bonchev–Trinajstić information content (AvgIpc) is 2.36. The summed E-state index contributed by atoms with van der Waals surface area (Å²) in [5, 5.41) is 0.433. The summed E-state index contributed by atoms with van der Waals surface area (Å²) in [4.78, 5) is 23.6. The van der Waals surface area contributed by atoms with Gasteiger partial charge in [-0.2, -0.15) is 0 Å². The molecule has 0 aliphatic rings. The van der Waals surface area contributed by atoms with E-state index < -0.39 is 5.97 Å². The molecule has 0 saturated carbocycles. The molecule has 98 valence electrons. The number of carbonyl (C=O) groups excluding carboxylic acids is 2. The summed E-state index contributed by atoms with van der Waals surface area (Å²) in [6.45, 7) is 3.83. The first kappa shape index (κ1) is 15.4. The maximum absolute atomic E-state index is 12.0. The van der Waals surface area contributed by atoms with E-state index in [1.165, 1.54) is 0 Å². The van der Waals surface area contributed by atoms with Crippen LogP contribution in [0, 0.1) is 0 Å². The Morgan fingerprint density at radius 1 is 1.33 bits per heavy atom. The van der Waals surface area contributed by atoms with Gasteiger partial charge in [-0.05, 0) is 25.5 Å². The number of benzene rings is 1. The highest BCUT2D eigenvalue weighted by Crippen LogP contribution is 2.22. The lowest BCUT2D eigenvalue weighted by atomic mass is 9.98. The Labute approximate surface area is 123 Å². The topological polar surface area (TPSA) is 43.4 Å². The molecule has 1 aromatic carbocycles. The van der Waals surface area contributed by atoms with Gasteiger partial charge in [0.05, 0.1) is 17.0 Å². The second-order valence-electron chi connectivity index (χ2n) is 3.67. The molecule has 18 heavy (non-hydrogen) atoms. The van der Waals surface area contributed by atoms with Crippen LogP contribution in [0.15, 0.2) is 18.2 Å². The second kappa shape index (κ2) is 7.04. The molecule has 0 radical (unpaired) electrons. The zero-order valence-electron chi connectivity index (χ0n) is 10.2. The van der Waals surface area contributed by atoms with E-state index in [2.05, 4.69) is 31.9 Å². The molecule has 0 aliphatic carbocycles. The number of hydrogen-bond acceptors (Lipinski definition) is 3. The minimum absolute atomic E-state index is 0.0457. The molecule has 0 N–H and O–H groups in total. The fraction of sp³-hybridized carbons (Fsp3) is 0.385. The molecule has 1 rings (SSSR count). The number of ether oxygens (including phenoxy) is 1. The Bertz CT molecular complexity index is 456. The zero-order chi connectivity index (χ0) is 13.7. The van der Waals surface area contributed by atoms with Crippen LogP contribution in [-0.4, -0.2) is 23.2 Å². The normalized spacial score (nSPS) is 12.0. The monoisotopic (exact) mass is 376 g/mol. The van der Waals surface area contributed by atoms with Crippen LogP contribution in [0.5, 0.6) is 0 Å². The molecule has 0 spiro atoms. The highest BCUT2D eigenvalue weighted by atomic mass is 79.9. The van der Waals surface area contributed by atoms with E-state index in [4.69, 9.17) is 4.74 Å². The van der Waals surface area contributed by atoms with Crippen molar-refractivity contribution in [1.82, 2.24) is 0 Å². The van der Waals surface area contributed by atoms with E-state index >= 15 is 0 Å². The summed E-state index contributed by atoms with van der Waals surface area (Å²) >= 11 is 6.57. The predicted molar refractivity (Wildman–Crippen MR) is 77.7 cm³/mol. The van der Waals surface area contributed by atoms with E-state index in [-0.39, 0.29) is 10.6 Å². The van der Waals surface area contributed by atoms with Gasteiger partial charge in [0, 0.05) is 10.9 Å². The lowest BCUT2D eigenvalue weighted by molar-refractivity contribution is 0.0525. The second-order valence-corrected chi connectivity index (χ2v) is 5.60. The Hall–Kier alpha value is -0.680. The van der Waals surface area contributed by atoms with Gasteiger partial charge in [0.2, 0.25) is 0 Å². The van der Waals surface area contributed by atoms with Crippen molar-refractivity contribution in [1.29, 1.82) is 0 Å². The molecule has 0 aromatic heterocycles. The SMILES string of the molecule is CCOC(=O)c1cccc(C(=O)C(C)Br)c1CBr. The summed E-state index contributed by atoms with van der Waals surface area (Å²) < 4.78 is 4.98. The Morgan fingerprint density at radius 2 is 1.94 bits per heavy atom. The van der Waals surface area contributed by atoms with Crippen LogP contribution in [0.3, 0.4) is 0 Å². The van der Waals surface area contributed by atoms with Crippen LogP contribution in [-0.2, 0) is 10.1 Å². The molecule has 0 heterocycles. The largest absolute Gasteiger partial charge is 0.462 e. The molecule has 1 unspecified atom stereocenters. The summed E-state index contributed by atoms with van der Waals surface area (Å²) in [6, 6.07) is 5.09. The van der Waals surface area contributed by atoms with Crippen molar-refractivity contribution in [2.45, 2.75) is 24.0 Å². The van der Waals surface area contributed by atoms with Gasteiger partial charge >= 0.3 is 5.97 Å². The maximum Gasteiger partial charge on any atom is 0.338 e. The smallest absolute Gasteiger partial charge is 0.338 e. The molecule has 0 saturated heterocycles. The summed E-state index contributed by atoms with van der Waals surface area (Å²) in [6.07, 6.45) is 0. The third kappa shape index (κ3) is 3.42. The van der Waals surface area contributed by atoms with Gasteiger partial charge in [0.1, 0.15) is 0 Å². The molecular formula is C13H14Br2O3. The predicted octanol–water partition coefficient (Wildman–Crippen LogP) is 3.72. The van der Waals surface area contributed by atoms with Crippen LogP contribution in [0.4, 0.5) is 0 Å². The number of rotatable bonds is 5. The minimum atomic E-state index is -0.399. The van der Waals surface area contributed by atoms with E-state index in [0.717, 1.165) is 0 Å². The van der Waals surface area contributed by atoms with E-state index in [1.807, 2.05) is 0 Å². The van der Waals surface area contributed by atoms with Gasteiger partial charge in [-0.1, -0.05) is 44.0 Å². The fourth-order valence-corrected chi connectivity index (χ4v) is 2.43. The molecule has 0 aliphatic heterocycles. The highest BCUT2D eigenvalue weighted by Gasteiger charge is 2.21. The number of carbonyl (C=O) groups is 2. The molecule has 3 nitrogen and oxygen atoms in total. The standard InChI is InChI=1S/C13H14Br2O3/c1-3-18-13(17)10-6-4-5-9(11(10)7-14)12(16)8(2)15/h4-6,8H,3,7H2,1-2H3. The third-order valence-corrected chi connectivity index (χ3v) is 3.41. The number of esters is 1. The first-order valence-corrected chi connectivity index (χ1v) is 7.59. The van der Waals surface area contributed by atoms with Crippen molar-refractivity contribution in [3.05, 3.63) is 34.9 Å². The van der Waals surface area contributed by atoms with Crippen LogP contribution in [0.1, 0.15) is 40.1 Å². The number of Topliss-reactive ketones (excluding diaryl/α,β-unsaturated/α-hetero) is 1. The fourth-order valence-electron chi connectivity index (χ4n) is 1.58. The molecule has 0 fully saturated rings. The van der Waals surface area contributed by atoms with Crippen molar-refractivity contribution >= 4 is 43.6 Å². The lowest BCUT2D eigenvalue weighted by Crippen LogP contribution is -2.16. The highest BCUT2D eigenvalue weighted by molar-refractivity contribution is 9.10. The van der Waals surface area contributed by atoms with Crippen molar-refractivity contribution in [2.24, 2.45) is 0 Å². The molecular weight excluding hydrogens is 364 g/mol. The number of hydrogen-bond donors (Lipinski definition) is 0. The third-order valence-electron chi connectivity index (χ3n) is 2.43. The van der Waals surface area contributed by atoms with Crippen LogP contribution >= 0.6 is 31.9 Å². The van der Waals surface area contributed by atoms with Gasteiger partial charge < -0.3 is 4.74 Å². The number of ketones is 1. The van der Waals surface area contributed by atoms with Gasteiger partial charge in [-0.3, -0.25) is 4.79 Å². The van der Waals surface area contributed by atoms with Gasteiger partial charge in [-0.15, -0.1) is 0 Å². The van der Waals surface area contributed by atoms with Crippen LogP contribution < -0.4 is 0 Å². The van der Waals surface area contributed by atoms with Gasteiger partial charge in [0.15, 0.2) is 5.78 Å². The van der Waals surface area contributed by atoms with Crippen molar-refractivity contribution in [2.75, 3.05) is 6.61 Å². The first-order chi connectivity index (χ1) is 8.52. The number of alkyl halides is 2. The Morgan fingerprint density at radius 3 is 2.44 bits per heavy atom. The van der Waals surface area contributed by atoms with Crippen LogP contribution in [0.2, 0.25) is 0 Å². The summed E-state index contributed by atoms with van der Waals surface area (Å²) in [7, 11) is 0. The summed E-state index contributed by atoms with van der Waals surface area (Å²) in [5.41, 5.74) is 1.65. The van der Waals surface area contributed by atoms with E-state index in [1.54, 1.807) is 32.0 Å². The molecule has 5 heteroatoms. The first-order valence-electron chi connectivity index (χ1n) is 5.56. The van der Waals surface area contributed by atoms with Gasteiger partial charge in [-0.25, -0.2) is 4.79 Å². The van der Waals surface area contributed by atoms with Crippen molar-refractivity contribution in [3.63, 3.8) is 0 Å². The van der Waals surface area contributed by atoms with Crippen molar-refractivity contribution in [3.8, 4) is 0 Å². The molecule has 0 amide bonds. The Balaban J connectivity index is 3.26. The maximum atomic E-state index is 12.0. The summed E-state index contributed by atoms with van der Waals surface area (Å²) in [5.74, 6) is -0.445. The molecule has 1 atom stereocenters. The lowest BCUT2D eigenvalue weighted by Gasteiger charge is -2.12. The molecule has 1 aromatic rings. The van der Waals surface area contributed by atoms with Crippen LogP contribution in [0.25, 0.3) is 0 Å². The van der Waals surface area contributed by atoms with E-state index in [9.17, 15) is 9.59 Å². The Kier molecular flexibility index (Phi) is 6.02.